The minimum Gasteiger partial charge on any atom is -0.368 e. The number of aromatic nitrogens is 2. The van der Waals surface area contributed by atoms with Gasteiger partial charge in [0.05, 0.1) is 0 Å². The van der Waals surface area contributed by atoms with Gasteiger partial charge < -0.3 is 14.7 Å². The monoisotopic (exact) mass is 447 g/mol. The number of rotatable bonds is 4. The fraction of sp³-hybridized carbons (Fsp3) is 0.400. The average Bonchev–Trinajstić information content (AvgIpc) is 3.54. The number of carbonyl (C=O) groups excluding carboxylic acids is 1. The Bertz CT molecular complexity index is 1110. The zero-order valence-electron chi connectivity index (χ0n) is 18.8. The summed E-state index contributed by atoms with van der Waals surface area (Å²) in [7, 11) is 0. The summed E-state index contributed by atoms with van der Waals surface area (Å²) in [4.78, 5) is 29.0. The highest BCUT2D eigenvalue weighted by Crippen LogP contribution is 2.29. The molecule has 0 radical (unpaired) electrons. The van der Waals surface area contributed by atoms with E-state index in [4.69, 9.17) is 4.98 Å². The summed E-state index contributed by atoms with van der Waals surface area (Å²) in [5, 5.41) is 2.77. The van der Waals surface area contributed by atoms with E-state index in [0.717, 1.165) is 42.6 Å². The van der Waals surface area contributed by atoms with Crippen molar-refractivity contribution in [3.05, 3.63) is 58.7 Å². The van der Waals surface area contributed by atoms with Crippen molar-refractivity contribution >= 4 is 28.7 Å². The number of amides is 1. The molecule has 6 nitrogen and oxygen atoms in total. The minimum absolute atomic E-state index is 0.0296. The molecule has 166 valence electrons. The molecule has 0 aliphatic carbocycles. The van der Waals surface area contributed by atoms with Gasteiger partial charge in [-0.25, -0.2) is 9.97 Å². The first-order valence-corrected chi connectivity index (χ1v) is 12.3. The van der Waals surface area contributed by atoms with Gasteiger partial charge in [-0.05, 0) is 56.0 Å². The number of anilines is 2. The van der Waals surface area contributed by atoms with E-state index in [1.54, 1.807) is 0 Å². The molecule has 5 rings (SSSR count). The van der Waals surface area contributed by atoms with E-state index in [1.165, 1.54) is 41.0 Å². The summed E-state index contributed by atoms with van der Waals surface area (Å²) in [6.07, 6.45) is 4.29. The van der Waals surface area contributed by atoms with Crippen LogP contribution >= 0.6 is 11.3 Å². The van der Waals surface area contributed by atoms with E-state index < -0.39 is 0 Å². The van der Waals surface area contributed by atoms with Gasteiger partial charge in [-0.3, -0.25) is 4.79 Å². The number of piperazine rings is 1. The quantitative estimate of drug-likeness (QED) is 0.594. The van der Waals surface area contributed by atoms with Crippen LogP contribution in [0.2, 0.25) is 0 Å². The lowest BCUT2D eigenvalue weighted by Crippen LogP contribution is -2.49. The molecule has 7 heteroatoms. The Hall–Kier alpha value is -2.93. The first-order valence-electron chi connectivity index (χ1n) is 11.4. The normalized spacial score (nSPS) is 16.6. The maximum Gasteiger partial charge on any atom is 0.273 e. The Kier molecular flexibility index (Phi) is 5.83. The van der Waals surface area contributed by atoms with Gasteiger partial charge in [-0.2, -0.15) is 0 Å². The highest BCUT2D eigenvalue weighted by Gasteiger charge is 2.25. The molecule has 0 saturated carbocycles. The molecule has 4 heterocycles. The molecule has 1 amide bonds. The zero-order chi connectivity index (χ0) is 22.1. The van der Waals surface area contributed by atoms with Crippen LogP contribution in [0.15, 0.2) is 41.9 Å². The molecule has 2 aromatic heterocycles. The van der Waals surface area contributed by atoms with E-state index >= 15 is 0 Å². The van der Waals surface area contributed by atoms with Gasteiger partial charge in [0.15, 0.2) is 0 Å². The van der Waals surface area contributed by atoms with E-state index in [0.29, 0.717) is 18.8 Å². The molecular formula is C25H29N5OS. The minimum atomic E-state index is 0.0296. The maximum absolute atomic E-state index is 13.1. The smallest absolute Gasteiger partial charge is 0.273 e. The topological polar surface area (TPSA) is 52.6 Å². The molecule has 0 bridgehead atoms. The second-order valence-electron chi connectivity index (χ2n) is 8.63. The van der Waals surface area contributed by atoms with Crippen LogP contribution < -0.4 is 9.80 Å². The van der Waals surface area contributed by atoms with Crippen LogP contribution in [0.25, 0.3) is 10.6 Å². The number of carbonyl (C=O) groups is 1. The van der Waals surface area contributed by atoms with Crippen molar-refractivity contribution in [2.75, 3.05) is 49.1 Å². The standard InChI is InChI=1S/C25H29N5OS/c1-18-6-5-7-22(19(18)2)28-12-14-30(15-13-28)25(31)21-17-32-24(27-21)20-8-9-26-23(16-20)29-10-3-4-11-29/h5-9,16-17H,3-4,10-15H2,1-2H3. The Morgan fingerprint density at radius 3 is 2.53 bits per heavy atom. The summed E-state index contributed by atoms with van der Waals surface area (Å²) >= 11 is 1.53. The first-order chi connectivity index (χ1) is 15.6. The summed E-state index contributed by atoms with van der Waals surface area (Å²) in [6.45, 7) is 9.56. The van der Waals surface area contributed by atoms with Gasteiger partial charge in [0, 0.05) is 62.1 Å². The molecule has 0 spiro atoms. The van der Waals surface area contributed by atoms with Crippen LogP contribution in [0.5, 0.6) is 0 Å². The van der Waals surface area contributed by atoms with Gasteiger partial charge >= 0.3 is 0 Å². The number of hydrogen-bond donors (Lipinski definition) is 0. The lowest BCUT2D eigenvalue weighted by Gasteiger charge is -2.36. The molecule has 2 fully saturated rings. The van der Waals surface area contributed by atoms with Crippen LogP contribution in [0.4, 0.5) is 11.5 Å². The zero-order valence-corrected chi connectivity index (χ0v) is 19.6. The van der Waals surface area contributed by atoms with Crippen LogP contribution in [0, 0.1) is 13.8 Å². The number of aryl methyl sites for hydroxylation is 1. The SMILES string of the molecule is Cc1cccc(N2CCN(C(=O)c3csc(-c4ccnc(N5CCCC5)c4)n3)CC2)c1C. The van der Waals surface area contributed by atoms with Crippen molar-refractivity contribution in [2.24, 2.45) is 0 Å². The lowest BCUT2D eigenvalue weighted by atomic mass is 10.1. The van der Waals surface area contributed by atoms with Crippen LogP contribution in [-0.2, 0) is 0 Å². The summed E-state index contributed by atoms with van der Waals surface area (Å²) < 4.78 is 0. The van der Waals surface area contributed by atoms with E-state index in [-0.39, 0.29) is 5.91 Å². The Morgan fingerprint density at radius 2 is 1.75 bits per heavy atom. The third-order valence-electron chi connectivity index (χ3n) is 6.63. The largest absolute Gasteiger partial charge is 0.368 e. The van der Waals surface area contributed by atoms with Gasteiger partial charge in [0.1, 0.15) is 16.5 Å². The number of benzene rings is 1. The van der Waals surface area contributed by atoms with Gasteiger partial charge in [-0.1, -0.05) is 12.1 Å². The number of hydrogen-bond acceptors (Lipinski definition) is 6. The summed E-state index contributed by atoms with van der Waals surface area (Å²) in [6, 6.07) is 10.5. The second-order valence-corrected chi connectivity index (χ2v) is 9.49. The Morgan fingerprint density at radius 1 is 0.969 bits per heavy atom. The molecule has 3 aromatic rings. The maximum atomic E-state index is 13.1. The van der Waals surface area contributed by atoms with Crippen LogP contribution in [0.1, 0.15) is 34.5 Å². The third-order valence-corrected chi connectivity index (χ3v) is 7.52. The fourth-order valence-electron chi connectivity index (χ4n) is 4.57. The van der Waals surface area contributed by atoms with Crippen molar-refractivity contribution in [2.45, 2.75) is 26.7 Å². The first kappa shape index (κ1) is 20.9. The number of nitrogens with zero attached hydrogens (tertiary/aromatic N) is 5. The van der Waals surface area contributed by atoms with Gasteiger partial charge in [0.25, 0.3) is 5.91 Å². The molecule has 2 aliphatic rings. The van der Waals surface area contributed by atoms with E-state index in [9.17, 15) is 4.79 Å². The summed E-state index contributed by atoms with van der Waals surface area (Å²) in [5.41, 5.74) is 5.48. The Balaban J connectivity index is 1.26. The second kappa shape index (κ2) is 8.90. The predicted molar refractivity (Wildman–Crippen MR) is 131 cm³/mol. The van der Waals surface area contributed by atoms with Crippen molar-refractivity contribution < 1.29 is 4.79 Å². The highest BCUT2D eigenvalue weighted by atomic mass is 32.1. The molecule has 2 saturated heterocycles. The average molecular weight is 448 g/mol. The molecule has 0 N–H and O–H groups in total. The van der Waals surface area contributed by atoms with Crippen LogP contribution in [0.3, 0.4) is 0 Å². The molecule has 0 atom stereocenters. The number of pyridine rings is 1. The lowest BCUT2D eigenvalue weighted by molar-refractivity contribution is 0.0742. The molecule has 32 heavy (non-hydrogen) atoms. The van der Waals surface area contributed by atoms with Gasteiger partial charge in [-0.15, -0.1) is 11.3 Å². The summed E-state index contributed by atoms with van der Waals surface area (Å²) in [5.74, 6) is 1.03. The van der Waals surface area contributed by atoms with Crippen molar-refractivity contribution in [3.8, 4) is 10.6 Å². The fourth-order valence-corrected chi connectivity index (χ4v) is 5.36. The van der Waals surface area contributed by atoms with Crippen molar-refractivity contribution in [3.63, 3.8) is 0 Å². The number of thiazole rings is 1. The third kappa shape index (κ3) is 4.09. The molecule has 1 aromatic carbocycles. The van der Waals surface area contributed by atoms with E-state index in [2.05, 4.69) is 52.9 Å². The van der Waals surface area contributed by atoms with Gasteiger partial charge in [0.2, 0.25) is 0 Å². The van der Waals surface area contributed by atoms with Crippen molar-refractivity contribution in [1.29, 1.82) is 0 Å². The molecular weight excluding hydrogens is 418 g/mol. The molecule has 2 aliphatic heterocycles. The van der Waals surface area contributed by atoms with Crippen LogP contribution in [-0.4, -0.2) is 60.0 Å². The predicted octanol–water partition coefficient (Wildman–Crippen LogP) is 4.38. The Labute approximate surface area is 193 Å². The highest BCUT2D eigenvalue weighted by molar-refractivity contribution is 7.13. The molecule has 0 unspecified atom stereocenters. The van der Waals surface area contributed by atoms with E-state index in [1.807, 2.05) is 22.5 Å². The van der Waals surface area contributed by atoms with Crippen molar-refractivity contribution in [1.82, 2.24) is 14.9 Å².